The number of nitrogens with zero attached hydrogens (tertiary/aromatic N) is 4. The SMILES string of the molecule is CCC(NC(=O)c1nc2nc(C)cc(C)n2n1)c1ccc(OC)cc1. The molecule has 0 aliphatic rings. The number of aryl methyl sites for hydroxylation is 2. The minimum Gasteiger partial charge on any atom is -0.497 e. The van der Waals surface area contributed by atoms with Gasteiger partial charge in [-0.3, -0.25) is 4.79 Å². The second-order valence-electron chi connectivity index (χ2n) is 5.89. The molecule has 1 N–H and O–H groups in total. The van der Waals surface area contributed by atoms with E-state index in [9.17, 15) is 4.79 Å². The van der Waals surface area contributed by atoms with Crippen LogP contribution >= 0.6 is 0 Å². The summed E-state index contributed by atoms with van der Waals surface area (Å²) in [4.78, 5) is 21.1. The van der Waals surface area contributed by atoms with Crippen molar-refractivity contribution in [1.29, 1.82) is 0 Å². The highest BCUT2D eigenvalue weighted by Crippen LogP contribution is 2.20. The van der Waals surface area contributed by atoms with Crippen LogP contribution in [0.3, 0.4) is 0 Å². The third-order valence-electron chi connectivity index (χ3n) is 4.05. The molecule has 3 aromatic rings. The number of hydrogen-bond acceptors (Lipinski definition) is 5. The highest BCUT2D eigenvalue weighted by atomic mass is 16.5. The lowest BCUT2D eigenvalue weighted by molar-refractivity contribution is 0.0925. The number of hydrogen-bond donors (Lipinski definition) is 1. The molecular weight excluding hydrogens is 318 g/mol. The quantitative estimate of drug-likeness (QED) is 0.773. The number of fused-ring (bicyclic) bond motifs is 1. The lowest BCUT2D eigenvalue weighted by Crippen LogP contribution is -2.29. The molecule has 0 radical (unpaired) electrons. The largest absolute Gasteiger partial charge is 0.497 e. The van der Waals surface area contributed by atoms with Crippen LogP contribution in [0.2, 0.25) is 0 Å². The Labute approximate surface area is 146 Å². The van der Waals surface area contributed by atoms with Gasteiger partial charge in [0.2, 0.25) is 5.82 Å². The number of carbonyl (C=O) groups is 1. The number of amides is 1. The van der Waals surface area contributed by atoms with Gasteiger partial charge >= 0.3 is 0 Å². The van der Waals surface area contributed by atoms with Crippen LogP contribution < -0.4 is 10.1 Å². The van der Waals surface area contributed by atoms with Gasteiger partial charge in [0.05, 0.1) is 13.2 Å². The van der Waals surface area contributed by atoms with Crippen LogP contribution in [0.15, 0.2) is 30.3 Å². The topological polar surface area (TPSA) is 81.4 Å². The number of ether oxygens (including phenoxy) is 1. The number of rotatable bonds is 5. The van der Waals surface area contributed by atoms with Crippen LogP contribution in [0, 0.1) is 13.8 Å². The van der Waals surface area contributed by atoms with Crippen LogP contribution in [0.4, 0.5) is 0 Å². The maximum Gasteiger partial charge on any atom is 0.291 e. The fourth-order valence-corrected chi connectivity index (χ4v) is 2.74. The molecule has 7 nitrogen and oxygen atoms in total. The standard InChI is InChI=1S/C18H21N5O2/c1-5-15(13-6-8-14(25-4)9-7-13)20-17(24)16-21-18-19-11(2)10-12(3)23(18)22-16/h6-10,15H,5H2,1-4H3,(H,20,24). The van der Waals surface area contributed by atoms with Gasteiger partial charge in [-0.15, -0.1) is 5.10 Å². The molecule has 0 fully saturated rings. The van der Waals surface area contributed by atoms with Crippen molar-refractivity contribution < 1.29 is 9.53 Å². The van der Waals surface area contributed by atoms with Crippen molar-refractivity contribution in [3.05, 3.63) is 53.1 Å². The first-order valence-corrected chi connectivity index (χ1v) is 8.17. The molecule has 25 heavy (non-hydrogen) atoms. The molecule has 1 atom stereocenters. The maximum absolute atomic E-state index is 12.6. The molecule has 2 aromatic heterocycles. The number of benzene rings is 1. The number of nitrogens with one attached hydrogen (secondary N) is 1. The van der Waals surface area contributed by atoms with Crippen molar-refractivity contribution in [2.45, 2.75) is 33.2 Å². The maximum atomic E-state index is 12.6. The van der Waals surface area contributed by atoms with E-state index in [0.29, 0.717) is 5.78 Å². The van der Waals surface area contributed by atoms with Gasteiger partial charge in [0.15, 0.2) is 0 Å². The van der Waals surface area contributed by atoms with Crippen LogP contribution in [-0.2, 0) is 0 Å². The molecule has 0 saturated heterocycles. The zero-order valence-corrected chi connectivity index (χ0v) is 14.8. The number of methoxy groups -OCH3 is 1. The molecule has 2 heterocycles. The summed E-state index contributed by atoms with van der Waals surface area (Å²) in [7, 11) is 1.63. The van der Waals surface area contributed by atoms with Crippen LogP contribution in [-0.4, -0.2) is 32.6 Å². The summed E-state index contributed by atoms with van der Waals surface area (Å²) in [6, 6.07) is 9.42. The first kappa shape index (κ1) is 16.9. The second kappa shape index (κ2) is 6.88. The predicted octanol–water partition coefficient (Wildman–Crippen LogP) is 2.63. The highest BCUT2D eigenvalue weighted by Gasteiger charge is 2.19. The van der Waals surface area contributed by atoms with E-state index in [4.69, 9.17) is 4.74 Å². The van der Waals surface area contributed by atoms with E-state index in [1.54, 1.807) is 11.6 Å². The van der Waals surface area contributed by atoms with E-state index in [2.05, 4.69) is 20.4 Å². The fraction of sp³-hybridized carbons (Fsp3) is 0.333. The molecule has 0 spiro atoms. The molecule has 0 bridgehead atoms. The average Bonchev–Trinajstić information content (AvgIpc) is 3.04. The Morgan fingerprint density at radius 3 is 2.60 bits per heavy atom. The molecule has 0 saturated carbocycles. The van der Waals surface area contributed by atoms with Crippen molar-refractivity contribution in [3.63, 3.8) is 0 Å². The fourth-order valence-electron chi connectivity index (χ4n) is 2.74. The summed E-state index contributed by atoms with van der Waals surface area (Å²) in [5.74, 6) is 1.02. The molecule has 7 heteroatoms. The normalized spacial score (nSPS) is 12.2. The van der Waals surface area contributed by atoms with Gasteiger partial charge < -0.3 is 10.1 Å². The smallest absolute Gasteiger partial charge is 0.291 e. The molecule has 0 aliphatic carbocycles. The summed E-state index contributed by atoms with van der Waals surface area (Å²) in [6.07, 6.45) is 0.752. The van der Waals surface area contributed by atoms with E-state index in [1.807, 2.05) is 51.1 Å². The predicted molar refractivity (Wildman–Crippen MR) is 93.7 cm³/mol. The van der Waals surface area contributed by atoms with E-state index in [1.165, 1.54) is 0 Å². The molecule has 1 amide bonds. The molecule has 1 unspecified atom stereocenters. The third-order valence-corrected chi connectivity index (χ3v) is 4.05. The zero-order valence-electron chi connectivity index (χ0n) is 14.8. The first-order valence-electron chi connectivity index (χ1n) is 8.17. The van der Waals surface area contributed by atoms with Crippen molar-refractivity contribution in [3.8, 4) is 5.75 Å². The Morgan fingerprint density at radius 1 is 1.24 bits per heavy atom. The molecule has 130 valence electrons. The molecule has 0 aliphatic heterocycles. The number of carbonyl (C=O) groups excluding carboxylic acids is 1. The molecule has 1 aromatic carbocycles. The highest BCUT2D eigenvalue weighted by molar-refractivity contribution is 5.91. The van der Waals surface area contributed by atoms with E-state index >= 15 is 0 Å². The minimum absolute atomic E-state index is 0.119. The van der Waals surface area contributed by atoms with E-state index in [0.717, 1.165) is 29.1 Å². The lowest BCUT2D eigenvalue weighted by atomic mass is 10.0. The van der Waals surface area contributed by atoms with Crippen LogP contribution in [0.25, 0.3) is 5.78 Å². The Kier molecular flexibility index (Phi) is 4.65. The van der Waals surface area contributed by atoms with E-state index < -0.39 is 0 Å². The summed E-state index contributed by atoms with van der Waals surface area (Å²) in [5.41, 5.74) is 2.73. The Hall–Kier alpha value is -2.96. The Morgan fingerprint density at radius 2 is 1.96 bits per heavy atom. The summed E-state index contributed by atoms with van der Waals surface area (Å²) in [6.45, 7) is 5.81. The molecular formula is C18H21N5O2. The summed E-state index contributed by atoms with van der Waals surface area (Å²) >= 11 is 0. The third kappa shape index (κ3) is 3.45. The number of aromatic nitrogens is 4. The zero-order chi connectivity index (χ0) is 18.0. The first-order chi connectivity index (χ1) is 12.0. The van der Waals surface area contributed by atoms with Crippen molar-refractivity contribution in [1.82, 2.24) is 24.9 Å². The van der Waals surface area contributed by atoms with Gasteiger partial charge in [-0.25, -0.2) is 9.50 Å². The van der Waals surface area contributed by atoms with Gasteiger partial charge in [-0.2, -0.15) is 4.98 Å². The average molecular weight is 339 g/mol. The minimum atomic E-state index is -0.315. The Bertz CT molecular complexity index is 902. The summed E-state index contributed by atoms with van der Waals surface area (Å²) in [5, 5.41) is 7.26. The Balaban J connectivity index is 1.83. The second-order valence-corrected chi connectivity index (χ2v) is 5.89. The van der Waals surface area contributed by atoms with Gasteiger partial charge in [-0.05, 0) is 44.0 Å². The van der Waals surface area contributed by atoms with Crippen molar-refractivity contribution in [2.24, 2.45) is 0 Å². The van der Waals surface area contributed by atoms with E-state index in [-0.39, 0.29) is 17.8 Å². The van der Waals surface area contributed by atoms with Gasteiger partial charge in [0.25, 0.3) is 11.7 Å². The van der Waals surface area contributed by atoms with Gasteiger partial charge in [0, 0.05) is 11.4 Å². The molecule has 3 rings (SSSR count). The monoisotopic (exact) mass is 339 g/mol. The van der Waals surface area contributed by atoms with Crippen LogP contribution in [0.1, 0.15) is 47.0 Å². The van der Waals surface area contributed by atoms with Crippen molar-refractivity contribution in [2.75, 3.05) is 7.11 Å². The van der Waals surface area contributed by atoms with Crippen LogP contribution in [0.5, 0.6) is 5.75 Å². The summed E-state index contributed by atoms with van der Waals surface area (Å²) < 4.78 is 6.75. The van der Waals surface area contributed by atoms with Gasteiger partial charge in [-0.1, -0.05) is 19.1 Å². The van der Waals surface area contributed by atoms with Crippen molar-refractivity contribution >= 4 is 11.7 Å². The van der Waals surface area contributed by atoms with Gasteiger partial charge in [0.1, 0.15) is 5.75 Å². The lowest BCUT2D eigenvalue weighted by Gasteiger charge is -2.16.